The highest BCUT2D eigenvalue weighted by Crippen LogP contribution is 2.40. The number of hydrogen-bond acceptors (Lipinski definition) is 9. The summed E-state index contributed by atoms with van der Waals surface area (Å²) in [5.74, 6) is 2.40. The lowest BCUT2D eigenvalue weighted by atomic mass is 10.1. The molecule has 3 heterocycles. The Labute approximate surface area is 197 Å². The molecule has 1 aliphatic heterocycles. The van der Waals surface area contributed by atoms with E-state index in [1.165, 1.54) is 0 Å². The van der Waals surface area contributed by atoms with Crippen molar-refractivity contribution < 1.29 is 19.0 Å². The van der Waals surface area contributed by atoms with Crippen LogP contribution < -0.4 is 30.2 Å². The SMILES string of the molecule is COc1cc(Nc2cnc3ccc(NC(=O)NC4CCN(C)CC4)nc3n2)cc(OC)c1OC. The molecule has 2 amide bonds. The first-order valence-corrected chi connectivity index (χ1v) is 11.0. The van der Waals surface area contributed by atoms with E-state index in [2.05, 4.69) is 42.8 Å². The molecule has 1 fully saturated rings. The van der Waals surface area contributed by atoms with Gasteiger partial charge in [0.05, 0.1) is 27.5 Å². The van der Waals surface area contributed by atoms with Crippen molar-refractivity contribution in [3.05, 3.63) is 30.5 Å². The van der Waals surface area contributed by atoms with E-state index < -0.39 is 0 Å². The summed E-state index contributed by atoms with van der Waals surface area (Å²) in [7, 11) is 6.74. The summed E-state index contributed by atoms with van der Waals surface area (Å²) < 4.78 is 16.2. The number of hydrogen-bond donors (Lipinski definition) is 3. The molecule has 0 saturated carbocycles. The van der Waals surface area contributed by atoms with E-state index in [0.29, 0.717) is 45.7 Å². The van der Waals surface area contributed by atoms with Crippen LogP contribution in [0.5, 0.6) is 17.2 Å². The number of pyridine rings is 1. The number of methoxy groups -OCH3 is 3. The summed E-state index contributed by atoms with van der Waals surface area (Å²) >= 11 is 0. The average Bonchev–Trinajstić information content (AvgIpc) is 2.84. The molecule has 0 aliphatic carbocycles. The second kappa shape index (κ2) is 10.4. The van der Waals surface area contributed by atoms with Gasteiger partial charge in [0, 0.05) is 23.9 Å². The van der Waals surface area contributed by atoms with Crippen LogP contribution in [-0.2, 0) is 0 Å². The number of piperidine rings is 1. The molecule has 0 spiro atoms. The summed E-state index contributed by atoms with van der Waals surface area (Å²) in [5.41, 5.74) is 1.68. The number of urea groups is 1. The van der Waals surface area contributed by atoms with Crippen molar-refractivity contribution in [1.82, 2.24) is 25.2 Å². The number of anilines is 3. The van der Waals surface area contributed by atoms with E-state index in [9.17, 15) is 4.79 Å². The van der Waals surface area contributed by atoms with Gasteiger partial charge in [-0.05, 0) is 45.1 Å². The third-order valence-corrected chi connectivity index (χ3v) is 5.64. The fraction of sp³-hybridized carbons (Fsp3) is 0.391. The van der Waals surface area contributed by atoms with Gasteiger partial charge in [-0.1, -0.05) is 0 Å². The summed E-state index contributed by atoms with van der Waals surface area (Å²) in [6, 6.07) is 6.89. The molecule has 0 bridgehead atoms. The van der Waals surface area contributed by atoms with Crippen LogP contribution in [0.25, 0.3) is 11.2 Å². The number of aromatic nitrogens is 3. The average molecular weight is 468 g/mol. The van der Waals surface area contributed by atoms with Crippen LogP contribution in [-0.4, -0.2) is 73.4 Å². The minimum absolute atomic E-state index is 0.158. The van der Waals surface area contributed by atoms with Gasteiger partial charge in [0.25, 0.3) is 0 Å². The van der Waals surface area contributed by atoms with Crippen LogP contribution in [0.2, 0.25) is 0 Å². The molecule has 11 heteroatoms. The number of carbonyl (C=O) groups is 1. The second-order valence-corrected chi connectivity index (χ2v) is 8.01. The normalized spacial score (nSPS) is 14.5. The van der Waals surface area contributed by atoms with Crippen molar-refractivity contribution in [2.75, 3.05) is 52.1 Å². The van der Waals surface area contributed by atoms with Crippen molar-refractivity contribution in [3.63, 3.8) is 0 Å². The van der Waals surface area contributed by atoms with Gasteiger partial charge in [-0.3, -0.25) is 5.32 Å². The maximum Gasteiger partial charge on any atom is 0.320 e. The maximum absolute atomic E-state index is 12.4. The molecule has 1 aliphatic rings. The molecular formula is C23H29N7O4. The predicted molar refractivity (Wildman–Crippen MR) is 129 cm³/mol. The van der Waals surface area contributed by atoms with Gasteiger partial charge in [0.15, 0.2) is 23.0 Å². The van der Waals surface area contributed by atoms with Crippen molar-refractivity contribution in [1.29, 1.82) is 0 Å². The van der Waals surface area contributed by atoms with E-state index in [4.69, 9.17) is 14.2 Å². The maximum atomic E-state index is 12.4. The largest absolute Gasteiger partial charge is 0.493 e. The highest BCUT2D eigenvalue weighted by Gasteiger charge is 2.19. The van der Waals surface area contributed by atoms with Gasteiger partial charge in [0.1, 0.15) is 11.3 Å². The zero-order valence-corrected chi connectivity index (χ0v) is 19.7. The van der Waals surface area contributed by atoms with Crippen LogP contribution in [0.4, 0.5) is 22.1 Å². The number of ether oxygens (including phenoxy) is 3. The fourth-order valence-corrected chi connectivity index (χ4v) is 3.82. The van der Waals surface area contributed by atoms with E-state index in [-0.39, 0.29) is 12.1 Å². The number of likely N-dealkylation sites (tertiary alicyclic amines) is 1. The first-order valence-electron chi connectivity index (χ1n) is 11.0. The van der Waals surface area contributed by atoms with Crippen molar-refractivity contribution >= 4 is 34.5 Å². The summed E-state index contributed by atoms with van der Waals surface area (Å²) in [5, 5.41) is 8.99. The first kappa shape index (κ1) is 23.3. The first-order chi connectivity index (χ1) is 16.5. The lowest BCUT2D eigenvalue weighted by Gasteiger charge is -2.29. The molecule has 180 valence electrons. The smallest absolute Gasteiger partial charge is 0.320 e. The zero-order valence-electron chi connectivity index (χ0n) is 19.7. The Hall–Kier alpha value is -3.86. The number of rotatable bonds is 7. The van der Waals surface area contributed by atoms with E-state index in [1.807, 2.05) is 0 Å². The Bertz CT molecular complexity index is 1140. The topological polar surface area (TPSA) is 123 Å². The summed E-state index contributed by atoms with van der Waals surface area (Å²) in [6.07, 6.45) is 3.46. The van der Waals surface area contributed by atoms with Crippen LogP contribution in [0.3, 0.4) is 0 Å². The van der Waals surface area contributed by atoms with Gasteiger partial charge < -0.3 is 29.7 Å². The third kappa shape index (κ3) is 5.37. The Kier molecular flexibility index (Phi) is 7.12. The molecule has 4 rings (SSSR count). The van der Waals surface area contributed by atoms with E-state index in [1.54, 1.807) is 51.8 Å². The Morgan fingerprint density at radius 3 is 2.32 bits per heavy atom. The summed E-state index contributed by atoms with van der Waals surface area (Å²) in [6.45, 7) is 1.94. The van der Waals surface area contributed by atoms with Gasteiger partial charge in [-0.2, -0.15) is 0 Å². The summed E-state index contributed by atoms with van der Waals surface area (Å²) in [4.78, 5) is 28.1. The lowest BCUT2D eigenvalue weighted by Crippen LogP contribution is -2.44. The molecule has 0 atom stereocenters. The molecule has 34 heavy (non-hydrogen) atoms. The van der Waals surface area contributed by atoms with Gasteiger partial charge >= 0.3 is 6.03 Å². The van der Waals surface area contributed by atoms with Crippen molar-refractivity contribution in [2.24, 2.45) is 0 Å². The zero-order chi connectivity index (χ0) is 24.1. The number of carbonyl (C=O) groups excluding carboxylic acids is 1. The minimum atomic E-state index is -0.277. The number of benzene rings is 1. The number of nitrogens with one attached hydrogen (secondary N) is 3. The number of nitrogens with zero attached hydrogens (tertiary/aromatic N) is 4. The monoisotopic (exact) mass is 467 g/mol. The molecule has 0 unspecified atom stereocenters. The second-order valence-electron chi connectivity index (χ2n) is 8.01. The Balaban J connectivity index is 1.49. The molecule has 3 N–H and O–H groups in total. The molecule has 2 aromatic heterocycles. The van der Waals surface area contributed by atoms with Crippen LogP contribution in [0, 0.1) is 0 Å². The highest BCUT2D eigenvalue weighted by atomic mass is 16.5. The Morgan fingerprint density at radius 1 is 1.00 bits per heavy atom. The van der Waals surface area contributed by atoms with Crippen molar-refractivity contribution in [3.8, 4) is 17.2 Å². The van der Waals surface area contributed by atoms with Gasteiger partial charge in [-0.15, -0.1) is 0 Å². The van der Waals surface area contributed by atoms with E-state index in [0.717, 1.165) is 25.9 Å². The molecule has 1 aromatic carbocycles. The third-order valence-electron chi connectivity index (χ3n) is 5.64. The molecule has 1 saturated heterocycles. The molecule has 11 nitrogen and oxygen atoms in total. The number of fused-ring (bicyclic) bond motifs is 1. The quantitative estimate of drug-likeness (QED) is 0.481. The molecule has 3 aromatic rings. The lowest BCUT2D eigenvalue weighted by molar-refractivity contribution is 0.221. The van der Waals surface area contributed by atoms with Gasteiger partial charge in [0.2, 0.25) is 5.75 Å². The standard InChI is InChI=1S/C23H29N7O4/c1-30-9-7-14(8-10-30)26-23(31)29-19-6-5-16-22(27-19)28-20(13-24-16)25-15-11-17(32-2)21(34-4)18(12-15)33-3/h5-6,11-14H,7-10H2,1-4H3,(H3,25,26,27,28,29,31). The van der Waals surface area contributed by atoms with Crippen LogP contribution in [0.15, 0.2) is 30.5 Å². The number of amides is 2. The molecular weight excluding hydrogens is 438 g/mol. The minimum Gasteiger partial charge on any atom is -0.493 e. The predicted octanol–water partition coefficient (Wildman–Crippen LogP) is 3.01. The van der Waals surface area contributed by atoms with Gasteiger partial charge in [-0.25, -0.2) is 19.7 Å². The van der Waals surface area contributed by atoms with Crippen LogP contribution >= 0.6 is 0 Å². The van der Waals surface area contributed by atoms with Crippen LogP contribution in [0.1, 0.15) is 12.8 Å². The highest BCUT2D eigenvalue weighted by molar-refractivity contribution is 5.89. The fourth-order valence-electron chi connectivity index (χ4n) is 3.82. The van der Waals surface area contributed by atoms with Crippen molar-refractivity contribution in [2.45, 2.75) is 18.9 Å². The molecule has 0 radical (unpaired) electrons. The Morgan fingerprint density at radius 2 is 1.68 bits per heavy atom. The van der Waals surface area contributed by atoms with E-state index >= 15 is 0 Å².